The standard InChI is InChI=1S/C15H18BrF2NO2/c1-9(2)10(3)19-14(20)7-4-11-8-12(16)5-6-13(11)21-15(17)18/h4-10,15H,1-3H3,(H,19,20)/b7-4+. The maximum Gasteiger partial charge on any atom is 0.387 e. The maximum atomic E-state index is 12.3. The second-order valence-electron chi connectivity index (χ2n) is 4.94. The van der Waals surface area contributed by atoms with Gasteiger partial charge < -0.3 is 10.1 Å². The SMILES string of the molecule is CC(C)C(C)NC(=O)/C=C/c1cc(Br)ccc1OC(F)F. The fourth-order valence-corrected chi connectivity index (χ4v) is 1.84. The van der Waals surface area contributed by atoms with Crippen LogP contribution in [0.25, 0.3) is 6.08 Å². The fourth-order valence-electron chi connectivity index (χ4n) is 1.46. The van der Waals surface area contributed by atoms with Crippen LogP contribution in [0, 0.1) is 5.92 Å². The third-order valence-corrected chi connectivity index (χ3v) is 3.47. The van der Waals surface area contributed by atoms with Gasteiger partial charge >= 0.3 is 6.61 Å². The lowest BCUT2D eigenvalue weighted by molar-refractivity contribution is -0.117. The Balaban J connectivity index is 2.83. The van der Waals surface area contributed by atoms with E-state index in [4.69, 9.17) is 0 Å². The summed E-state index contributed by atoms with van der Waals surface area (Å²) in [4.78, 5) is 11.8. The van der Waals surface area contributed by atoms with Gasteiger partial charge in [0, 0.05) is 22.2 Å². The van der Waals surface area contributed by atoms with Gasteiger partial charge in [0.25, 0.3) is 0 Å². The normalized spacial score (nSPS) is 13.0. The van der Waals surface area contributed by atoms with Crippen molar-refractivity contribution >= 4 is 27.9 Å². The molecule has 0 radical (unpaired) electrons. The number of benzene rings is 1. The number of alkyl halides is 2. The van der Waals surface area contributed by atoms with Crippen LogP contribution < -0.4 is 10.1 Å². The minimum Gasteiger partial charge on any atom is -0.434 e. The molecule has 0 spiro atoms. The predicted molar refractivity (Wildman–Crippen MR) is 82.3 cm³/mol. The summed E-state index contributed by atoms with van der Waals surface area (Å²) in [5.41, 5.74) is 0.400. The molecule has 1 N–H and O–H groups in total. The van der Waals surface area contributed by atoms with Gasteiger partial charge in [-0.05, 0) is 37.1 Å². The summed E-state index contributed by atoms with van der Waals surface area (Å²) in [5.74, 6) is 0.0549. The highest BCUT2D eigenvalue weighted by atomic mass is 79.9. The van der Waals surface area contributed by atoms with E-state index in [2.05, 4.69) is 26.0 Å². The molecule has 3 nitrogen and oxygen atoms in total. The number of nitrogens with one attached hydrogen (secondary N) is 1. The van der Waals surface area contributed by atoms with Crippen molar-refractivity contribution in [2.24, 2.45) is 5.92 Å². The van der Waals surface area contributed by atoms with Gasteiger partial charge in [0.2, 0.25) is 5.91 Å². The Morgan fingerprint density at radius 2 is 2.00 bits per heavy atom. The van der Waals surface area contributed by atoms with Crippen molar-refractivity contribution < 1.29 is 18.3 Å². The van der Waals surface area contributed by atoms with Crippen LogP contribution in [-0.4, -0.2) is 18.6 Å². The molecule has 1 aromatic rings. The molecule has 0 fully saturated rings. The van der Waals surface area contributed by atoms with Crippen molar-refractivity contribution in [2.45, 2.75) is 33.4 Å². The number of carbonyl (C=O) groups excluding carboxylic acids is 1. The molecule has 1 rings (SSSR count). The zero-order valence-electron chi connectivity index (χ0n) is 12.1. The third-order valence-electron chi connectivity index (χ3n) is 2.97. The number of hydrogen-bond donors (Lipinski definition) is 1. The summed E-state index contributed by atoms with van der Waals surface area (Å²) in [7, 11) is 0. The summed E-state index contributed by atoms with van der Waals surface area (Å²) < 4.78 is 29.8. The van der Waals surface area contributed by atoms with E-state index < -0.39 is 6.61 Å². The summed E-state index contributed by atoms with van der Waals surface area (Å²) >= 11 is 3.25. The number of hydrogen-bond acceptors (Lipinski definition) is 2. The Kier molecular flexibility index (Phi) is 6.81. The molecule has 0 saturated carbocycles. The first-order valence-corrected chi connectivity index (χ1v) is 7.32. The number of ether oxygens (including phenoxy) is 1. The van der Waals surface area contributed by atoms with Crippen molar-refractivity contribution in [3.05, 3.63) is 34.3 Å². The molecule has 0 aliphatic heterocycles. The number of rotatable bonds is 6. The maximum absolute atomic E-state index is 12.3. The minimum atomic E-state index is -2.91. The molecule has 0 aliphatic carbocycles. The van der Waals surface area contributed by atoms with Gasteiger partial charge in [-0.1, -0.05) is 29.8 Å². The van der Waals surface area contributed by atoms with E-state index in [1.165, 1.54) is 18.2 Å². The first-order valence-electron chi connectivity index (χ1n) is 6.52. The van der Waals surface area contributed by atoms with E-state index in [-0.39, 0.29) is 17.7 Å². The minimum absolute atomic E-state index is 0.0224. The third kappa shape index (κ3) is 6.25. The van der Waals surface area contributed by atoms with Gasteiger partial charge in [-0.2, -0.15) is 8.78 Å². The fraction of sp³-hybridized carbons (Fsp3) is 0.400. The lowest BCUT2D eigenvalue weighted by Crippen LogP contribution is -2.34. The second kappa shape index (κ2) is 8.12. The van der Waals surface area contributed by atoms with Crippen molar-refractivity contribution in [2.75, 3.05) is 0 Å². The average Bonchev–Trinajstić information content (AvgIpc) is 2.38. The van der Waals surface area contributed by atoms with Gasteiger partial charge in [-0.25, -0.2) is 0 Å². The lowest BCUT2D eigenvalue weighted by atomic mass is 10.1. The van der Waals surface area contributed by atoms with Crippen LogP contribution in [0.2, 0.25) is 0 Å². The van der Waals surface area contributed by atoms with Crippen LogP contribution >= 0.6 is 15.9 Å². The Morgan fingerprint density at radius 1 is 1.33 bits per heavy atom. The molecule has 6 heteroatoms. The first kappa shape index (κ1) is 17.6. The van der Waals surface area contributed by atoms with Gasteiger partial charge in [-0.15, -0.1) is 0 Å². The quantitative estimate of drug-likeness (QED) is 0.770. The highest BCUT2D eigenvalue weighted by Gasteiger charge is 2.10. The van der Waals surface area contributed by atoms with Gasteiger partial charge in [0.15, 0.2) is 0 Å². The molecule has 0 heterocycles. The summed E-state index contributed by atoms with van der Waals surface area (Å²) in [6.45, 7) is 2.99. The van der Waals surface area contributed by atoms with E-state index >= 15 is 0 Å². The average molecular weight is 362 g/mol. The molecule has 0 bridgehead atoms. The van der Waals surface area contributed by atoms with E-state index in [1.807, 2.05) is 20.8 Å². The summed E-state index contributed by atoms with van der Waals surface area (Å²) in [6, 6.07) is 4.65. The second-order valence-corrected chi connectivity index (χ2v) is 5.85. The van der Waals surface area contributed by atoms with Gasteiger partial charge in [-0.3, -0.25) is 4.79 Å². The number of carbonyl (C=O) groups is 1. The van der Waals surface area contributed by atoms with Gasteiger partial charge in [0.05, 0.1) is 0 Å². The number of amides is 1. The van der Waals surface area contributed by atoms with Crippen LogP contribution in [0.4, 0.5) is 8.78 Å². The molecule has 0 aromatic heterocycles. The molecular formula is C15H18BrF2NO2. The van der Waals surface area contributed by atoms with Crippen LogP contribution in [-0.2, 0) is 4.79 Å². The van der Waals surface area contributed by atoms with E-state index in [9.17, 15) is 13.6 Å². The largest absolute Gasteiger partial charge is 0.434 e. The van der Waals surface area contributed by atoms with Crippen molar-refractivity contribution in [3.8, 4) is 5.75 Å². The van der Waals surface area contributed by atoms with Gasteiger partial charge in [0.1, 0.15) is 5.75 Å². The molecule has 1 aromatic carbocycles. The Hall–Kier alpha value is -1.43. The molecule has 1 unspecified atom stereocenters. The van der Waals surface area contributed by atoms with E-state index in [0.29, 0.717) is 16.0 Å². The Bertz CT molecular complexity index is 518. The highest BCUT2D eigenvalue weighted by molar-refractivity contribution is 9.10. The van der Waals surface area contributed by atoms with Crippen LogP contribution in [0.5, 0.6) is 5.75 Å². The molecule has 1 amide bonds. The van der Waals surface area contributed by atoms with Crippen molar-refractivity contribution in [3.63, 3.8) is 0 Å². The zero-order chi connectivity index (χ0) is 16.0. The topological polar surface area (TPSA) is 38.3 Å². The smallest absolute Gasteiger partial charge is 0.387 e. The van der Waals surface area contributed by atoms with Crippen molar-refractivity contribution in [1.82, 2.24) is 5.32 Å². The van der Waals surface area contributed by atoms with Crippen molar-refractivity contribution in [1.29, 1.82) is 0 Å². The highest BCUT2D eigenvalue weighted by Crippen LogP contribution is 2.25. The predicted octanol–water partition coefficient (Wildman–Crippen LogP) is 4.22. The lowest BCUT2D eigenvalue weighted by Gasteiger charge is -2.16. The molecule has 116 valence electrons. The summed E-state index contributed by atoms with van der Waals surface area (Å²) in [5, 5.41) is 2.80. The monoisotopic (exact) mass is 361 g/mol. The van der Waals surface area contributed by atoms with Crippen LogP contribution in [0.1, 0.15) is 26.3 Å². The zero-order valence-corrected chi connectivity index (χ0v) is 13.7. The molecule has 1 atom stereocenters. The van der Waals surface area contributed by atoms with Crippen LogP contribution in [0.15, 0.2) is 28.7 Å². The van der Waals surface area contributed by atoms with Crippen LogP contribution in [0.3, 0.4) is 0 Å². The number of halogens is 3. The van der Waals surface area contributed by atoms with E-state index in [0.717, 1.165) is 0 Å². The molecule has 0 saturated heterocycles. The molecule has 0 aliphatic rings. The molecule has 21 heavy (non-hydrogen) atoms. The van der Waals surface area contributed by atoms with E-state index in [1.54, 1.807) is 12.1 Å². The Labute approximate surface area is 131 Å². The first-order chi connectivity index (χ1) is 9.79. The summed E-state index contributed by atoms with van der Waals surface area (Å²) in [6.07, 6.45) is 2.75. The Morgan fingerprint density at radius 3 is 2.57 bits per heavy atom. The molecular weight excluding hydrogens is 344 g/mol.